The molecular weight excluding hydrogens is 272 g/mol. The second-order valence-electron chi connectivity index (χ2n) is 6.40. The molecule has 21 heavy (non-hydrogen) atoms. The van der Waals surface area contributed by atoms with Crippen molar-refractivity contribution in [3.05, 3.63) is 23.5 Å². The van der Waals surface area contributed by atoms with Gasteiger partial charge in [0.05, 0.1) is 0 Å². The number of nitrogens with one attached hydrogen (secondary N) is 2. The first-order chi connectivity index (χ1) is 9.95. The van der Waals surface area contributed by atoms with Crippen molar-refractivity contribution >= 4 is 11.9 Å². The van der Waals surface area contributed by atoms with Gasteiger partial charge in [-0.2, -0.15) is 0 Å². The summed E-state index contributed by atoms with van der Waals surface area (Å²) in [7, 11) is 0. The molecule has 1 saturated carbocycles. The van der Waals surface area contributed by atoms with Gasteiger partial charge in [-0.05, 0) is 49.7 Å². The smallest absolute Gasteiger partial charge is 0.329 e. The SMILES string of the molecule is Cc1c[nH]c(C(=O)NC2(C(=O)O)CC3(CCOCC3)C2)c1. The van der Waals surface area contributed by atoms with Gasteiger partial charge in [-0.25, -0.2) is 4.79 Å². The average molecular weight is 292 g/mol. The van der Waals surface area contributed by atoms with Crippen LogP contribution in [-0.2, 0) is 9.53 Å². The molecule has 6 heteroatoms. The molecule has 0 radical (unpaired) electrons. The van der Waals surface area contributed by atoms with Gasteiger partial charge in [0.15, 0.2) is 0 Å². The molecule has 2 fully saturated rings. The molecule has 3 N–H and O–H groups in total. The standard InChI is InChI=1S/C15H20N2O4/c1-10-6-11(16-7-10)12(18)17-15(13(19)20)8-14(9-15)2-4-21-5-3-14/h6-7,16H,2-5,8-9H2,1H3,(H,17,18)(H,19,20). The van der Waals surface area contributed by atoms with Gasteiger partial charge >= 0.3 is 5.97 Å². The summed E-state index contributed by atoms with van der Waals surface area (Å²) in [5.41, 5.74) is 0.239. The van der Waals surface area contributed by atoms with E-state index in [1.54, 1.807) is 12.3 Å². The Morgan fingerprint density at radius 2 is 2.00 bits per heavy atom. The van der Waals surface area contributed by atoms with Crippen LogP contribution in [0.5, 0.6) is 0 Å². The number of carbonyl (C=O) groups is 2. The molecule has 2 aliphatic rings. The number of ether oxygens (including phenoxy) is 1. The molecule has 1 aromatic rings. The Balaban J connectivity index is 1.72. The number of carboxylic acid groups (broad SMARTS) is 1. The first-order valence-electron chi connectivity index (χ1n) is 7.24. The van der Waals surface area contributed by atoms with Crippen LogP contribution in [0.25, 0.3) is 0 Å². The third-order valence-electron chi connectivity index (χ3n) is 4.74. The number of amides is 1. The Kier molecular flexibility index (Phi) is 3.28. The van der Waals surface area contributed by atoms with Crippen LogP contribution in [0.4, 0.5) is 0 Å². The fourth-order valence-corrected chi connectivity index (χ4v) is 3.60. The van der Waals surface area contributed by atoms with Gasteiger partial charge in [0, 0.05) is 19.4 Å². The first kappa shape index (κ1) is 14.1. The van der Waals surface area contributed by atoms with E-state index < -0.39 is 11.5 Å². The maximum absolute atomic E-state index is 12.2. The maximum Gasteiger partial charge on any atom is 0.329 e. The third-order valence-corrected chi connectivity index (χ3v) is 4.74. The van der Waals surface area contributed by atoms with E-state index >= 15 is 0 Å². The zero-order chi connectivity index (χ0) is 15.1. The molecule has 1 saturated heterocycles. The number of aromatic nitrogens is 1. The lowest BCUT2D eigenvalue weighted by molar-refractivity contribution is -0.161. The van der Waals surface area contributed by atoms with E-state index in [1.165, 1.54) is 0 Å². The molecule has 1 amide bonds. The Morgan fingerprint density at radius 3 is 2.52 bits per heavy atom. The number of rotatable bonds is 3. The lowest BCUT2D eigenvalue weighted by Crippen LogP contribution is -2.67. The second kappa shape index (κ2) is 4.87. The third kappa shape index (κ3) is 2.44. The Bertz CT molecular complexity index is 564. The van der Waals surface area contributed by atoms with E-state index in [2.05, 4.69) is 10.3 Å². The summed E-state index contributed by atoms with van der Waals surface area (Å²) >= 11 is 0. The minimum atomic E-state index is -1.13. The molecule has 1 aromatic heterocycles. The Morgan fingerprint density at radius 1 is 1.33 bits per heavy atom. The largest absolute Gasteiger partial charge is 0.480 e. The average Bonchev–Trinajstić information content (AvgIpc) is 2.84. The molecular formula is C15H20N2O4. The monoisotopic (exact) mass is 292 g/mol. The lowest BCUT2D eigenvalue weighted by Gasteiger charge is -2.55. The highest BCUT2D eigenvalue weighted by atomic mass is 16.5. The summed E-state index contributed by atoms with van der Waals surface area (Å²) in [5, 5.41) is 12.3. The van der Waals surface area contributed by atoms with Crippen molar-refractivity contribution in [2.45, 2.75) is 38.1 Å². The number of aryl methyl sites for hydroxylation is 1. The van der Waals surface area contributed by atoms with E-state index in [-0.39, 0.29) is 11.3 Å². The summed E-state index contributed by atoms with van der Waals surface area (Å²) in [6, 6.07) is 1.72. The van der Waals surface area contributed by atoms with Crippen molar-refractivity contribution < 1.29 is 19.4 Å². The van der Waals surface area contributed by atoms with Crippen LogP contribution in [0.3, 0.4) is 0 Å². The van der Waals surface area contributed by atoms with Gasteiger partial charge in [-0.3, -0.25) is 4.79 Å². The van der Waals surface area contributed by atoms with Gasteiger partial charge in [0.25, 0.3) is 5.91 Å². The molecule has 0 aromatic carbocycles. The second-order valence-corrected chi connectivity index (χ2v) is 6.40. The molecule has 0 bridgehead atoms. The minimum Gasteiger partial charge on any atom is -0.480 e. The van der Waals surface area contributed by atoms with Crippen molar-refractivity contribution in [1.29, 1.82) is 0 Å². The fourth-order valence-electron chi connectivity index (χ4n) is 3.60. The van der Waals surface area contributed by atoms with Crippen molar-refractivity contribution in [2.75, 3.05) is 13.2 Å². The van der Waals surface area contributed by atoms with Gasteiger partial charge in [0.1, 0.15) is 11.2 Å². The number of aromatic amines is 1. The summed E-state index contributed by atoms with van der Waals surface area (Å²) in [5.74, 6) is -1.30. The summed E-state index contributed by atoms with van der Waals surface area (Å²) in [6.45, 7) is 3.24. The predicted octanol–water partition coefficient (Wildman–Crippen LogP) is 1.47. The molecule has 2 heterocycles. The van der Waals surface area contributed by atoms with Crippen LogP contribution in [-0.4, -0.2) is 40.7 Å². The van der Waals surface area contributed by atoms with Crippen LogP contribution in [0.1, 0.15) is 41.7 Å². The van der Waals surface area contributed by atoms with Crippen LogP contribution in [0, 0.1) is 12.3 Å². The van der Waals surface area contributed by atoms with Gasteiger partial charge in [-0.15, -0.1) is 0 Å². The molecule has 1 aliphatic heterocycles. The number of carboxylic acids is 1. The van der Waals surface area contributed by atoms with E-state index in [1.807, 2.05) is 6.92 Å². The van der Waals surface area contributed by atoms with Crippen LogP contribution in [0.15, 0.2) is 12.3 Å². The number of H-pyrrole nitrogens is 1. The molecule has 3 rings (SSSR count). The van der Waals surface area contributed by atoms with Crippen LogP contribution in [0.2, 0.25) is 0 Å². The molecule has 1 aliphatic carbocycles. The molecule has 1 spiro atoms. The topological polar surface area (TPSA) is 91.4 Å². The van der Waals surface area contributed by atoms with E-state index in [4.69, 9.17) is 4.74 Å². The predicted molar refractivity (Wildman–Crippen MR) is 75.1 cm³/mol. The highest BCUT2D eigenvalue weighted by molar-refractivity contribution is 5.97. The number of carbonyl (C=O) groups excluding carboxylic acids is 1. The van der Waals surface area contributed by atoms with Crippen LogP contribution >= 0.6 is 0 Å². The van der Waals surface area contributed by atoms with Crippen molar-refractivity contribution in [1.82, 2.24) is 10.3 Å². The first-order valence-corrected chi connectivity index (χ1v) is 7.24. The number of hydrogen-bond donors (Lipinski definition) is 3. The summed E-state index contributed by atoms with van der Waals surface area (Å²) in [4.78, 5) is 26.7. The highest BCUT2D eigenvalue weighted by Crippen LogP contribution is 2.54. The van der Waals surface area contributed by atoms with Crippen LogP contribution < -0.4 is 5.32 Å². The quantitative estimate of drug-likeness (QED) is 0.786. The molecule has 6 nitrogen and oxygen atoms in total. The lowest BCUT2D eigenvalue weighted by atomic mass is 9.54. The van der Waals surface area contributed by atoms with E-state index in [9.17, 15) is 14.7 Å². The van der Waals surface area contributed by atoms with Crippen molar-refractivity contribution in [3.8, 4) is 0 Å². The summed E-state index contributed by atoms with van der Waals surface area (Å²) < 4.78 is 5.34. The van der Waals surface area contributed by atoms with Crippen molar-refractivity contribution in [2.24, 2.45) is 5.41 Å². The summed E-state index contributed by atoms with van der Waals surface area (Å²) in [6.07, 6.45) is 4.45. The number of hydrogen-bond acceptors (Lipinski definition) is 3. The molecule has 0 unspecified atom stereocenters. The normalized spacial score (nSPS) is 22.5. The molecule has 0 atom stereocenters. The highest BCUT2D eigenvalue weighted by Gasteiger charge is 2.60. The number of aliphatic carboxylic acids is 1. The Hall–Kier alpha value is -1.82. The fraction of sp³-hybridized carbons (Fsp3) is 0.600. The van der Waals surface area contributed by atoms with Crippen molar-refractivity contribution in [3.63, 3.8) is 0 Å². The Labute approximate surface area is 122 Å². The van der Waals surface area contributed by atoms with E-state index in [0.717, 1.165) is 18.4 Å². The van der Waals surface area contributed by atoms with Gasteiger partial charge in [-0.1, -0.05) is 0 Å². The van der Waals surface area contributed by atoms with Gasteiger partial charge < -0.3 is 20.1 Å². The zero-order valence-electron chi connectivity index (χ0n) is 12.1. The van der Waals surface area contributed by atoms with E-state index in [0.29, 0.717) is 31.7 Å². The molecule has 114 valence electrons. The van der Waals surface area contributed by atoms with Gasteiger partial charge in [0.2, 0.25) is 0 Å². The maximum atomic E-state index is 12.2. The minimum absolute atomic E-state index is 0.0234. The zero-order valence-corrected chi connectivity index (χ0v) is 12.1.